The third kappa shape index (κ3) is 2.29. The molecule has 0 aromatic heterocycles. The third-order valence-electron chi connectivity index (χ3n) is 3.43. The van der Waals surface area contributed by atoms with Crippen molar-refractivity contribution in [3.05, 3.63) is 23.8 Å². The first-order valence-corrected chi connectivity index (χ1v) is 5.90. The highest BCUT2D eigenvalue weighted by Gasteiger charge is 2.31. The lowest BCUT2D eigenvalue weighted by atomic mass is 9.83. The molecule has 0 aromatic carbocycles. The molecule has 2 aliphatic rings. The number of allylic oxidation sites excluding steroid dienone is 4. The molecule has 1 saturated carbocycles. The van der Waals surface area contributed by atoms with Crippen LogP contribution in [0.3, 0.4) is 0 Å². The van der Waals surface area contributed by atoms with Crippen molar-refractivity contribution in [1.29, 1.82) is 0 Å². The zero-order valence-corrected chi connectivity index (χ0v) is 9.72. The first-order chi connectivity index (χ1) is 6.54. The SMILES string of the molecule is CC(C)(C)CC1CC2=CC=CCC2C1. The molecule has 0 N–H and O–H groups in total. The van der Waals surface area contributed by atoms with Gasteiger partial charge in [0.2, 0.25) is 0 Å². The monoisotopic (exact) mass is 190 g/mol. The van der Waals surface area contributed by atoms with Crippen LogP contribution in [0.4, 0.5) is 0 Å². The Bertz CT molecular complexity index is 262. The summed E-state index contributed by atoms with van der Waals surface area (Å²) >= 11 is 0. The molecule has 2 rings (SSSR count). The highest BCUT2D eigenvalue weighted by molar-refractivity contribution is 5.24. The van der Waals surface area contributed by atoms with Crippen molar-refractivity contribution in [3.8, 4) is 0 Å². The van der Waals surface area contributed by atoms with E-state index in [2.05, 4.69) is 39.0 Å². The first-order valence-electron chi connectivity index (χ1n) is 5.90. The van der Waals surface area contributed by atoms with Crippen molar-refractivity contribution < 1.29 is 0 Å². The zero-order chi connectivity index (χ0) is 10.2. The average Bonchev–Trinajstić information content (AvgIpc) is 2.42. The molecule has 2 unspecified atom stereocenters. The normalized spacial score (nSPS) is 31.5. The summed E-state index contributed by atoms with van der Waals surface area (Å²) in [5, 5.41) is 0. The molecule has 14 heavy (non-hydrogen) atoms. The highest BCUT2D eigenvalue weighted by atomic mass is 14.4. The Labute approximate surface area is 88.1 Å². The van der Waals surface area contributed by atoms with Crippen LogP contribution in [0, 0.1) is 17.3 Å². The molecule has 78 valence electrons. The molecule has 2 aliphatic carbocycles. The van der Waals surface area contributed by atoms with Gasteiger partial charge in [-0.15, -0.1) is 0 Å². The quantitative estimate of drug-likeness (QED) is 0.577. The lowest BCUT2D eigenvalue weighted by molar-refractivity contribution is 0.292. The molecular formula is C14H22. The maximum Gasteiger partial charge on any atom is -0.0163 e. The summed E-state index contributed by atoms with van der Waals surface area (Å²) < 4.78 is 0. The predicted octanol–water partition coefficient (Wildman–Crippen LogP) is 4.34. The maximum atomic E-state index is 2.36. The Morgan fingerprint density at radius 1 is 1.36 bits per heavy atom. The van der Waals surface area contributed by atoms with E-state index in [1.165, 1.54) is 25.7 Å². The van der Waals surface area contributed by atoms with Crippen LogP contribution in [0.1, 0.15) is 46.5 Å². The summed E-state index contributed by atoms with van der Waals surface area (Å²) in [7, 11) is 0. The second kappa shape index (κ2) is 3.56. The van der Waals surface area contributed by atoms with Crippen LogP contribution in [0.5, 0.6) is 0 Å². The standard InChI is InChI=1S/C14H22/c1-14(2,3)10-11-8-12-6-4-5-7-13(12)9-11/h4-6,11,13H,7-10H2,1-3H3. The lowest BCUT2D eigenvalue weighted by Gasteiger charge is -2.22. The van der Waals surface area contributed by atoms with Gasteiger partial charge in [0.1, 0.15) is 0 Å². The Morgan fingerprint density at radius 3 is 2.79 bits per heavy atom. The molecule has 0 nitrogen and oxygen atoms in total. The van der Waals surface area contributed by atoms with Gasteiger partial charge in [-0.25, -0.2) is 0 Å². The van der Waals surface area contributed by atoms with Crippen molar-refractivity contribution in [3.63, 3.8) is 0 Å². The van der Waals surface area contributed by atoms with Crippen LogP contribution in [-0.4, -0.2) is 0 Å². The van der Waals surface area contributed by atoms with E-state index in [9.17, 15) is 0 Å². The van der Waals surface area contributed by atoms with Crippen molar-refractivity contribution in [2.75, 3.05) is 0 Å². The maximum absolute atomic E-state index is 2.36. The van der Waals surface area contributed by atoms with Gasteiger partial charge in [0.15, 0.2) is 0 Å². The Hall–Kier alpha value is -0.520. The molecule has 0 aromatic rings. The molecule has 0 heterocycles. The van der Waals surface area contributed by atoms with Crippen molar-refractivity contribution in [1.82, 2.24) is 0 Å². The number of fused-ring (bicyclic) bond motifs is 1. The fourth-order valence-electron chi connectivity index (χ4n) is 3.04. The average molecular weight is 190 g/mol. The summed E-state index contributed by atoms with van der Waals surface area (Å²) in [5.41, 5.74) is 2.23. The minimum absolute atomic E-state index is 0.506. The smallest absolute Gasteiger partial charge is 0.0163 e. The van der Waals surface area contributed by atoms with Crippen molar-refractivity contribution in [2.45, 2.75) is 46.5 Å². The molecule has 1 fully saturated rings. The van der Waals surface area contributed by atoms with Crippen LogP contribution in [-0.2, 0) is 0 Å². The second-order valence-corrected chi connectivity index (χ2v) is 6.17. The Balaban J connectivity index is 1.96. The van der Waals surface area contributed by atoms with Crippen LogP contribution in [0.25, 0.3) is 0 Å². The molecule has 0 amide bonds. The van der Waals surface area contributed by atoms with E-state index in [0.29, 0.717) is 5.41 Å². The van der Waals surface area contributed by atoms with Crippen LogP contribution >= 0.6 is 0 Å². The number of hydrogen-bond donors (Lipinski definition) is 0. The van der Waals surface area contributed by atoms with E-state index >= 15 is 0 Å². The summed E-state index contributed by atoms with van der Waals surface area (Å²) in [5.74, 6) is 1.85. The largest absolute Gasteiger partial charge is 0.0839 e. The minimum Gasteiger partial charge on any atom is -0.0839 e. The van der Waals surface area contributed by atoms with Gasteiger partial charge in [-0.3, -0.25) is 0 Å². The van der Waals surface area contributed by atoms with E-state index in [1.807, 2.05) is 0 Å². The van der Waals surface area contributed by atoms with Gasteiger partial charge in [-0.05, 0) is 42.9 Å². The summed E-state index contributed by atoms with van der Waals surface area (Å²) in [6, 6.07) is 0. The molecule has 0 radical (unpaired) electrons. The molecule has 0 spiro atoms. The second-order valence-electron chi connectivity index (χ2n) is 6.17. The van der Waals surface area contributed by atoms with Gasteiger partial charge in [0, 0.05) is 0 Å². The van der Waals surface area contributed by atoms with Crippen molar-refractivity contribution in [2.24, 2.45) is 17.3 Å². The summed E-state index contributed by atoms with van der Waals surface area (Å²) in [6.07, 6.45) is 12.4. The van der Waals surface area contributed by atoms with E-state index < -0.39 is 0 Å². The van der Waals surface area contributed by atoms with Gasteiger partial charge in [0.25, 0.3) is 0 Å². The number of hydrogen-bond acceptors (Lipinski definition) is 0. The molecule has 0 saturated heterocycles. The molecule has 0 heteroatoms. The molecular weight excluding hydrogens is 168 g/mol. The van der Waals surface area contributed by atoms with E-state index in [0.717, 1.165) is 11.8 Å². The predicted molar refractivity (Wildman–Crippen MR) is 62.1 cm³/mol. The van der Waals surface area contributed by atoms with Crippen LogP contribution in [0.2, 0.25) is 0 Å². The third-order valence-corrected chi connectivity index (χ3v) is 3.43. The fraction of sp³-hybridized carbons (Fsp3) is 0.714. The summed E-state index contributed by atoms with van der Waals surface area (Å²) in [4.78, 5) is 0. The molecule has 0 bridgehead atoms. The molecule has 0 aliphatic heterocycles. The van der Waals surface area contributed by atoms with Gasteiger partial charge in [-0.2, -0.15) is 0 Å². The lowest BCUT2D eigenvalue weighted by Crippen LogP contribution is -2.11. The van der Waals surface area contributed by atoms with E-state index in [-0.39, 0.29) is 0 Å². The highest BCUT2D eigenvalue weighted by Crippen LogP contribution is 2.44. The van der Waals surface area contributed by atoms with Gasteiger partial charge in [-0.1, -0.05) is 44.6 Å². The van der Waals surface area contributed by atoms with Crippen LogP contribution < -0.4 is 0 Å². The molecule has 2 atom stereocenters. The number of rotatable bonds is 1. The van der Waals surface area contributed by atoms with Crippen LogP contribution in [0.15, 0.2) is 23.8 Å². The van der Waals surface area contributed by atoms with Gasteiger partial charge in [0.05, 0.1) is 0 Å². The zero-order valence-electron chi connectivity index (χ0n) is 9.72. The van der Waals surface area contributed by atoms with E-state index in [1.54, 1.807) is 5.57 Å². The van der Waals surface area contributed by atoms with Gasteiger partial charge < -0.3 is 0 Å². The summed E-state index contributed by atoms with van der Waals surface area (Å²) in [6.45, 7) is 7.09. The first kappa shape index (κ1) is 10.0. The Kier molecular flexibility index (Phi) is 2.55. The van der Waals surface area contributed by atoms with Gasteiger partial charge >= 0.3 is 0 Å². The fourth-order valence-corrected chi connectivity index (χ4v) is 3.04. The minimum atomic E-state index is 0.506. The van der Waals surface area contributed by atoms with Crippen molar-refractivity contribution >= 4 is 0 Å². The Morgan fingerprint density at radius 2 is 2.14 bits per heavy atom. The van der Waals surface area contributed by atoms with E-state index in [4.69, 9.17) is 0 Å². The topological polar surface area (TPSA) is 0 Å².